The first-order chi connectivity index (χ1) is 8.07. The molecule has 0 N–H and O–H groups in total. The van der Waals surface area contributed by atoms with Gasteiger partial charge in [-0.25, -0.2) is 0 Å². The van der Waals surface area contributed by atoms with Gasteiger partial charge in [0.05, 0.1) is 16.5 Å². The molecule has 0 radical (unpaired) electrons. The number of hydrogen-bond acceptors (Lipinski definition) is 5. The Morgan fingerprint density at radius 1 is 1.24 bits per heavy atom. The van der Waals surface area contributed by atoms with E-state index in [4.69, 9.17) is 4.74 Å². The van der Waals surface area contributed by atoms with Crippen molar-refractivity contribution < 1.29 is 14.6 Å². The van der Waals surface area contributed by atoms with E-state index in [2.05, 4.69) is 15.9 Å². The van der Waals surface area contributed by atoms with Crippen molar-refractivity contribution in [2.24, 2.45) is 0 Å². The first-order valence-electron chi connectivity index (χ1n) is 4.68. The molecule has 8 heteroatoms. The minimum Gasteiger partial charge on any atom is -0.487 e. The number of ether oxygens (including phenoxy) is 1. The summed E-state index contributed by atoms with van der Waals surface area (Å²) in [5.74, 6) is -0.0786. The van der Waals surface area contributed by atoms with Crippen LogP contribution in [0.4, 0.5) is 11.4 Å². The summed E-state index contributed by atoms with van der Waals surface area (Å²) in [4.78, 5) is 19.8. The predicted octanol–water partition coefficient (Wildman–Crippen LogP) is 2.67. The largest absolute Gasteiger partial charge is 0.487 e. The number of nitrogens with zero attached hydrogens (tertiary/aromatic N) is 2. The van der Waals surface area contributed by atoms with Gasteiger partial charge in [-0.3, -0.25) is 20.2 Å². The van der Waals surface area contributed by atoms with Gasteiger partial charge in [0.15, 0.2) is 0 Å². The normalized spacial score (nSPS) is 9.94. The molecule has 0 aliphatic heterocycles. The maximum Gasteiger partial charge on any atom is 0.387 e. The fourth-order valence-electron chi connectivity index (χ4n) is 1.19. The van der Waals surface area contributed by atoms with E-state index in [-0.39, 0.29) is 12.4 Å². The summed E-state index contributed by atoms with van der Waals surface area (Å²) in [6, 6.07) is 3.78. The molecule has 92 valence electrons. The first-order valence-corrected chi connectivity index (χ1v) is 5.80. The lowest BCUT2D eigenvalue weighted by atomic mass is 10.2. The van der Waals surface area contributed by atoms with Gasteiger partial charge in [0, 0.05) is 11.4 Å². The van der Waals surface area contributed by atoms with Crippen LogP contribution < -0.4 is 4.74 Å². The second-order valence-electron chi connectivity index (χ2n) is 3.03. The van der Waals surface area contributed by atoms with Crippen molar-refractivity contribution in [3.05, 3.63) is 38.4 Å². The lowest BCUT2D eigenvalue weighted by Crippen LogP contribution is -2.03. The molecule has 0 bridgehead atoms. The smallest absolute Gasteiger partial charge is 0.387 e. The van der Waals surface area contributed by atoms with Gasteiger partial charge in [0.25, 0.3) is 0 Å². The van der Waals surface area contributed by atoms with Crippen LogP contribution in [0.15, 0.2) is 18.2 Å². The molecule has 7 nitrogen and oxygen atoms in total. The van der Waals surface area contributed by atoms with Gasteiger partial charge < -0.3 is 4.74 Å². The number of benzene rings is 1. The van der Waals surface area contributed by atoms with Crippen molar-refractivity contribution in [2.75, 3.05) is 11.9 Å². The van der Waals surface area contributed by atoms with Crippen molar-refractivity contribution in [2.45, 2.75) is 6.42 Å². The van der Waals surface area contributed by atoms with Crippen LogP contribution in [0.25, 0.3) is 0 Å². The van der Waals surface area contributed by atoms with Crippen molar-refractivity contribution >= 4 is 27.3 Å². The molecule has 0 unspecified atom stereocenters. The SMILES string of the molecule is O=[N+]([O-])c1cccc(OCCCBr)c1[N+](=O)[O-]. The lowest BCUT2D eigenvalue weighted by Gasteiger charge is -2.05. The van der Waals surface area contributed by atoms with Gasteiger partial charge in [-0.15, -0.1) is 0 Å². The van der Waals surface area contributed by atoms with E-state index in [1.54, 1.807) is 0 Å². The second-order valence-corrected chi connectivity index (χ2v) is 3.82. The Morgan fingerprint density at radius 2 is 1.94 bits per heavy atom. The monoisotopic (exact) mass is 304 g/mol. The van der Waals surface area contributed by atoms with Crippen LogP contribution in [0.1, 0.15) is 6.42 Å². The lowest BCUT2D eigenvalue weighted by molar-refractivity contribution is -0.423. The molecule has 0 spiro atoms. The third-order valence-electron chi connectivity index (χ3n) is 1.89. The molecule has 1 rings (SSSR count). The fraction of sp³-hybridized carbons (Fsp3) is 0.333. The van der Waals surface area contributed by atoms with E-state index < -0.39 is 21.2 Å². The summed E-state index contributed by atoms with van der Waals surface area (Å²) in [5.41, 5.74) is -1.17. The van der Waals surface area contributed by atoms with E-state index in [1.165, 1.54) is 12.1 Å². The molecular formula is C9H9BrN2O5. The molecule has 0 fully saturated rings. The highest BCUT2D eigenvalue weighted by Crippen LogP contribution is 2.35. The summed E-state index contributed by atoms with van der Waals surface area (Å²) in [6.45, 7) is 0.257. The van der Waals surface area contributed by atoms with Gasteiger partial charge in [0.2, 0.25) is 5.75 Å². The van der Waals surface area contributed by atoms with Gasteiger partial charge >= 0.3 is 11.4 Å². The molecule has 0 saturated carbocycles. The molecule has 1 aromatic rings. The Hall–Kier alpha value is -1.70. The summed E-state index contributed by atoms with van der Waals surface area (Å²) in [5, 5.41) is 22.1. The zero-order valence-corrected chi connectivity index (χ0v) is 10.3. The van der Waals surface area contributed by atoms with Crippen molar-refractivity contribution in [1.29, 1.82) is 0 Å². The van der Waals surface area contributed by atoms with Gasteiger partial charge in [-0.1, -0.05) is 22.0 Å². The zero-order valence-electron chi connectivity index (χ0n) is 8.67. The molecule has 0 heterocycles. The quantitative estimate of drug-likeness (QED) is 0.348. The minimum atomic E-state index is -0.804. The topological polar surface area (TPSA) is 95.5 Å². The molecule has 0 atom stereocenters. The Balaban J connectivity index is 3.07. The first kappa shape index (κ1) is 13.4. The van der Waals surface area contributed by atoms with Gasteiger partial charge in [0.1, 0.15) is 0 Å². The van der Waals surface area contributed by atoms with Crippen LogP contribution in [-0.2, 0) is 0 Å². The highest BCUT2D eigenvalue weighted by molar-refractivity contribution is 9.09. The predicted molar refractivity (Wildman–Crippen MR) is 63.7 cm³/mol. The number of nitro groups is 2. The zero-order chi connectivity index (χ0) is 12.8. The van der Waals surface area contributed by atoms with E-state index in [1.807, 2.05) is 0 Å². The second kappa shape index (κ2) is 6.14. The van der Waals surface area contributed by atoms with E-state index in [0.717, 1.165) is 6.07 Å². The van der Waals surface area contributed by atoms with Crippen LogP contribution in [0.3, 0.4) is 0 Å². The number of nitro benzene ring substituents is 2. The van der Waals surface area contributed by atoms with E-state index in [9.17, 15) is 20.2 Å². The molecule has 0 aliphatic carbocycles. The van der Waals surface area contributed by atoms with Crippen molar-refractivity contribution in [1.82, 2.24) is 0 Å². The van der Waals surface area contributed by atoms with E-state index in [0.29, 0.717) is 11.8 Å². The van der Waals surface area contributed by atoms with Crippen molar-refractivity contribution in [3.8, 4) is 5.75 Å². The van der Waals surface area contributed by atoms with Crippen LogP contribution >= 0.6 is 15.9 Å². The molecule has 0 saturated heterocycles. The Kier molecular flexibility index (Phi) is 4.83. The van der Waals surface area contributed by atoms with Crippen LogP contribution in [0.5, 0.6) is 5.75 Å². The molecule has 1 aromatic carbocycles. The van der Waals surface area contributed by atoms with Crippen LogP contribution in [0, 0.1) is 20.2 Å². The van der Waals surface area contributed by atoms with Crippen LogP contribution in [0.2, 0.25) is 0 Å². The number of hydrogen-bond donors (Lipinski definition) is 0. The molecule has 17 heavy (non-hydrogen) atoms. The standard InChI is InChI=1S/C9H9BrN2O5/c10-5-2-6-17-8-4-1-3-7(11(13)14)9(8)12(15)16/h1,3-4H,2,5-6H2. The number of rotatable bonds is 6. The van der Waals surface area contributed by atoms with Gasteiger partial charge in [-0.05, 0) is 12.5 Å². The Bertz CT molecular complexity index is 437. The maximum atomic E-state index is 10.8. The van der Waals surface area contributed by atoms with Crippen molar-refractivity contribution in [3.63, 3.8) is 0 Å². The molecule has 0 amide bonds. The summed E-state index contributed by atoms with van der Waals surface area (Å²) in [6.07, 6.45) is 0.653. The van der Waals surface area contributed by atoms with Gasteiger partial charge in [-0.2, -0.15) is 0 Å². The molecular weight excluding hydrogens is 296 g/mol. The highest BCUT2D eigenvalue weighted by Gasteiger charge is 2.29. The Morgan fingerprint density at radius 3 is 2.47 bits per heavy atom. The van der Waals surface area contributed by atoms with Crippen LogP contribution in [-0.4, -0.2) is 21.8 Å². The summed E-state index contributed by atoms with van der Waals surface area (Å²) < 4.78 is 5.15. The highest BCUT2D eigenvalue weighted by atomic mass is 79.9. The number of alkyl halides is 1. The molecule has 0 aromatic heterocycles. The third kappa shape index (κ3) is 3.38. The number of halogens is 1. The molecule has 0 aliphatic rings. The average Bonchev–Trinajstić information content (AvgIpc) is 2.28. The van der Waals surface area contributed by atoms with E-state index >= 15 is 0 Å². The third-order valence-corrected chi connectivity index (χ3v) is 2.45. The summed E-state index contributed by atoms with van der Waals surface area (Å²) >= 11 is 3.19. The fourth-order valence-corrected chi connectivity index (χ4v) is 1.42. The maximum absolute atomic E-state index is 10.8. The summed E-state index contributed by atoms with van der Waals surface area (Å²) in [7, 11) is 0. The Labute approximate surface area is 105 Å². The average molecular weight is 305 g/mol. The number of para-hydroxylation sites is 1. The minimum absolute atomic E-state index is 0.0786.